The minimum Gasteiger partial charge on any atom is -0.497 e. The molecule has 0 aliphatic carbocycles. The van der Waals surface area contributed by atoms with Gasteiger partial charge in [0, 0.05) is 13.1 Å². The van der Waals surface area contributed by atoms with Gasteiger partial charge in [0.15, 0.2) is 0 Å². The average molecular weight is 272 g/mol. The SMILES string of the molecule is C=CCN(CC(=O)O)Cc1ccc(OC)cc1.Cl. The van der Waals surface area contributed by atoms with Crippen LogP contribution in [0.15, 0.2) is 36.9 Å². The third-order valence-corrected chi connectivity index (χ3v) is 2.31. The summed E-state index contributed by atoms with van der Waals surface area (Å²) in [6, 6.07) is 7.58. The Morgan fingerprint density at radius 2 is 2.06 bits per heavy atom. The Hall–Kier alpha value is -1.52. The van der Waals surface area contributed by atoms with E-state index in [2.05, 4.69) is 6.58 Å². The van der Waals surface area contributed by atoms with E-state index < -0.39 is 5.97 Å². The largest absolute Gasteiger partial charge is 0.497 e. The Bertz CT molecular complexity index is 378. The van der Waals surface area contributed by atoms with E-state index >= 15 is 0 Å². The van der Waals surface area contributed by atoms with Crippen molar-refractivity contribution in [3.05, 3.63) is 42.5 Å². The predicted octanol–water partition coefficient (Wildman–Crippen LogP) is 2.19. The second-order valence-electron chi connectivity index (χ2n) is 3.70. The van der Waals surface area contributed by atoms with Gasteiger partial charge in [-0.3, -0.25) is 9.69 Å². The van der Waals surface area contributed by atoms with Gasteiger partial charge in [0.25, 0.3) is 0 Å². The van der Waals surface area contributed by atoms with Crippen LogP contribution in [0.3, 0.4) is 0 Å². The Morgan fingerprint density at radius 1 is 1.44 bits per heavy atom. The van der Waals surface area contributed by atoms with Crippen LogP contribution in [0, 0.1) is 0 Å². The molecule has 1 N–H and O–H groups in total. The minimum atomic E-state index is -0.833. The number of carbonyl (C=O) groups is 1. The van der Waals surface area contributed by atoms with Crippen LogP contribution >= 0.6 is 12.4 Å². The van der Waals surface area contributed by atoms with Gasteiger partial charge in [-0.15, -0.1) is 19.0 Å². The summed E-state index contributed by atoms with van der Waals surface area (Å²) < 4.78 is 5.06. The van der Waals surface area contributed by atoms with Crippen molar-refractivity contribution < 1.29 is 14.6 Å². The number of rotatable bonds is 7. The lowest BCUT2D eigenvalue weighted by Crippen LogP contribution is -2.29. The van der Waals surface area contributed by atoms with E-state index in [-0.39, 0.29) is 19.0 Å². The molecule has 0 bridgehead atoms. The maximum atomic E-state index is 10.7. The highest BCUT2D eigenvalue weighted by molar-refractivity contribution is 5.85. The molecule has 1 rings (SSSR count). The quantitative estimate of drug-likeness (QED) is 0.773. The first-order valence-corrected chi connectivity index (χ1v) is 5.33. The molecule has 0 aliphatic heterocycles. The Labute approximate surface area is 113 Å². The molecule has 0 aliphatic rings. The Morgan fingerprint density at radius 3 is 2.50 bits per heavy atom. The Kier molecular flexibility index (Phi) is 7.83. The molecule has 1 aromatic rings. The second-order valence-corrected chi connectivity index (χ2v) is 3.70. The van der Waals surface area contributed by atoms with Gasteiger partial charge in [-0.25, -0.2) is 0 Å². The van der Waals surface area contributed by atoms with Gasteiger partial charge in [0.1, 0.15) is 5.75 Å². The molecule has 0 atom stereocenters. The second kappa shape index (κ2) is 8.55. The lowest BCUT2D eigenvalue weighted by atomic mass is 10.2. The third kappa shape index (κ3) is 5.70. The first kappa shape index (κ1) is 16.5. The summed E-state index contributed by atoms with van der Waals surface area (Å²) >= 11 is 0. The first-order valence-electron chi connectivity index (χ1n) is 5.33. The van der Waals surface area contributed by atoms with Crippen LogP contribution in [0.5, 0.6) is 5.75 Å². The van der Waals surface area contributed by atoms with E-state index in [0.717, 1.165) is 11.3 Å². The summed E-state index contributed by atoms with van der Waals surface area (Å²) in [7, 11) is 1.61. The summed E-state index contributed by atoms with van der Waals surface area (Å²) in [5, 5.41) is 8.77. The van der Waals surface area contributed by atoms with Crippen molar-refractivity contribution in [3.8, 4) is 5.75 Å². The minimum absolute atomic E-state index is 0. The lowest BCUT2D eigenvalue weighted by Gasteiger charge is -2.18. The van der Waals surface area contributed by atoms with E-state index in [4.69, 9.17) is 9.84 Å². The van der Waals surface area contributed by atoms with Crippen molar-refractivity contribution in [3.63, 3.8) is 0 Å². The van der Waals surface area contributed by atoms with E-state index in [1.165, 1.54) is 0 Å². The van der Waals surface area contributed by atoms with Crippen molar-refractivity contribution >= 4 is 18.4 Å². The summed E-state index contributed by atoms with van der Waals surface area (Å²) in [6.45, 7) is 4.77. The molecular weight excluding hydrogens is 254 g/mol. The fourth-order valence-corrected chi connectivity index (χ4v) is 1.55. The lowest BCUT2D eigenvalue weighted by molar-refractivity contribution is -0.138. The number of ether oxygens (including phenoxy) is 1. The highest BCUT2D eigenvalue weighted by atomic mass is 35.5. The van der Waals surface area contributed by atoms with Gasteiger partial charge >= 0.3 is 5.97 Å². The van der Waals surface area contributed by atoms with Crippen LogP contribution < -0.4 is 4.74 Å². The van der Waals surface area contributed by atoms with Gasteiger partial charge in [-0.2, -0.15) is 0 Å². The highest BCUT2D eigenvalue weighted by Crippen LogP contribution is 2.12. The van der Waals surface area contributed by atoms with Crippen LogP contribution in [0.4, 0.5) is 0 Å². The monoisotopic (exact) mass is 271 g/mol. The molecule has 0 radical (unpaired) electrons. The smallest absolute Gasteiger partial charge is 0.317 e. The molecule has 0 aromatic heterocycles. The number of carboxylic acids is 1. The molecule has 0 heterocycles. The number of hydrogen-bond donors (Lipinski definition) is 1. The number of nitrogens with zero attached hydrogens (tertiary/aromatic N) is 1. The number of halogens is 1. The van der Waals surface area contributed by atoms with Crippen LogP contribution in [0.2, 0.25) is 0 Å². The normalized spacial score (nSPS) is 9.67. The first-order chi connectivity index (χ1) is 8.15. The number of benzene rings is 1. The molecule has 0 spiro atoms. The van der Waals surface area contributed by atoms with Crippen LogP contribution in [0.25, 0.3) is 0 Å². The van der Waals surface area contributed by atoms with Gasteiger partial charge < -0.3 is 9.84 Å². The zero-order chi connectivity index (χ0) is 12.7. The van der Waals surface area contributed by atoms with Crippen molar-refractivity contribution in [1.29, 1.82) is 0 Å². The van der Waals surface area contributed by atoms with Crippen molar-refractivity contribution in [2.45, 2.75) is 6.54 Å². The standard InChI is InChI=1S/C13H17NO3.ClH/c1-3-8-14(10-13(15)16)9-11-4-6-12(17-2)7-5-11;/h3-7H,1,8-10H2,2H3,(H,15,16);1H. The van der Waals surface area contributed by atoms with Gasteiger partial charge in [-0.1, -0.05) is 18.2 Å². The van der Waals surface area contributed by atoms with E-state index in [1.807, 2.05) is 24.3 Å². The topological polar surface area (TPSA) is 49.8 Å². The fourth-order valence-electron chi connectivity index (χ4n) is 1.55. The average Bonchev–Trinajstić information content (AvgIpc) is 2.29. The van der Waals surface area contributed by atoms with Gasteiger partial charge in [0.05, 0.1) is 13.7 Å². The zero-order valence-corrected chi connectivity index (χ0v) is 11.2. The summed E-state index contributed by atoms with van der Waals surface area (Å²) in [6.07, 6.45) is 1.70. The van der Waals surface area contributed by atoms with Gasteiger partial charge in [-0.05, 0) is 17.7 Å². The summed E-state index contributed by atoms with van der Waals surface area (Å²) in [4.78, 5) is 12.5. The van der Waals surface area contributed by atoms with E-state index in [9.17, 15) is 4.79 Å². The number of methoxy groups -OCH3 is 1. The van der Waals surface area contributed by atoms with E-state index in [0.29, 0.717) is 13.1 Å². The van der Waals surface area contributed by atoms with Crippen LogP contribution in [0.1, 0.15) is 5.56 Å². The molecular formula is C13H18ClNO3. The molecule has 0 saturated heterocycles. The molecule has 0 amide bonds. The van der Waals surface area contributed by atoms with Crippen molar-refractivity contribution in [1.82, 2.24) is 4.90 Å². The maximum absolute atomic E-state index is 10.7. The third-order valence-electron chi connectivity index (χ3n) is 2.31. The van der Waals surface area contributed by atoms with Gasteiger partial charge in [0.2, 0.25) is 0 Å². The summed E-state index contributed by atoms with van der Waals surface area (Å²) in [5.74, 6) is -0.0392. The Balaban J connectivity index is 0.00000289. The van der Waals surface area contributed by atoms with Crippen LogP contribution in [-0.2, 0) is 11.3 Å². The number of carboxylic acid groups (broad SMARTS) is 1. The molecule has 4 nitrogen and oxygen atoms in total. The van der Waals surface area contributed by atoms with E-state index in [1.54, 1.807) is 18.1 Å². The van der Waals surface area contributed by atoms with Crippen molar-refractivity contribution in [2.75, 3.05) is 20.2 Å². The molecule has 5 heteroatoms. The predicted molar refractivity (Wildman–Crippen MR) is 73.4 cm³/mol. The molecule has 1 aromatic carbocycles. The molecule has 0 unspecified atom stereocenters. The fraction of sp³-hybridized carbons (Fsp3) is 0.308. The number of hydrogen-bond acceptors (Lipinski definition) is 3. The van der Waals surface area contributed by atoms with Crippen molar-refractivity contribution in [2.24, 2.45) is 0 Å². The number of aliphatic carboxylic acids is 1. The highest BCUT2D eigenvalue weighted by Gasteiger charge is 2.08. The molecule has 100 valence electrons. The molecule has 0 saturated carbocycles. The summed E-state index contributed by atoms with van der Waals surface area (Å²) in [5.41, 5.74) is 1.05. The molecule has 0 fully saturated rings. The maximum Gasteiger partial charge on any atom is 0.317 e. The molecule has 18 heavy (non-hydrogen) atoms. The zero-order valence-electron chi connectivity index (χ0n) is 10.3. The van der Waals surface area contributed by atoms with Crippen LogP contribution in [-0.4, -0.2) is 36.2 Å².